The summed E-state index contributed by atoms with van der Waals surface area (Å²) in [6.45, 7) is 3.47. The van der Waals surface area contributed by atoms with Gasteiger partial charge in [-0.25, -0.2) is 0 Å². The fourth-order valence-corrected chi connectivity index (χ4v) is 3.53. The number of aromatic nitrogens is 1. The summed E-state index contributed by atoms with van der Waals surface area (Å²) in [4.78, 5) is 12.8. The molecule has 0 radical (unpaired) electrons. The van der Waals surface area contributed by atoms with Gasteiger partial charge in [0.2, 0.25) is 5.78 Å². The van der Waals surface area contributed by atoms with E-state index in [0.717, 1.165) is 35.2 Å². The Morgan fingerprint density at radius 1 is 0.867 bits per heavy atom. The first kappa shape index (κ1) is 19.8. The quantitative estimate of drug-likeness (QED) is 0.268. The number of hydrogen-bond donors (Lipinski definition) is 0. The lowest BCUT2D eigenvalue weighted by Gasteiger charge is -2.09. The fraction of sp³-hybridized carbons (Fsp3) is 0.192. The molecule has 0 aliphatic carbocycles. The van der Waals surface area contributed by atoms with Gasteiger partial charge >= 0.3 is 0 Å². The Labute approximate surface area is 176 Å². The fourth-order valence-electron chi connectivity index (χ4n) is 3.53. The van der Waals surface area contributed by atoms with Gasteiger partial charge in [0.05, 0.1) is 6.61 Å². The molecule has 0 saturated heterocycles. The van der Waals surface area contributed by atoms with E-state index in [0.29, 0.717) is 17.9 Å². The molecular formula is C26H25NO3. The SMILES string of the molecule is Cc1ccccc1OCCCn1cc(C(=O)COc2ccccc2)c2ccccc21. The van der Waals surface area contributed by atoms with Crippen LogP contribution in [0.4, 0.5) is 0 Å². The predicted molar refractivity (Wildman–Crippen MR) is 119 cm³/mol. The van der Waals surface area contributed by atoms with Crippen LogP contribution in [0.2, 0.25) is 0 Å². The second kappa shape index (κ2) is 9.31. The molecule has 4 heteroatoms. The number of ether oxygens (including phenoxy) is 2. The van der Waals surface area contributed by atoms with Crippen LogP contribution in [0.1, 0.15) is 22.3 Å². The number of hydrogen-bond acceptors (Lipinski definition) is 3. The van der Waals surface area contributed by atoms with Crippen molar-refractivity contribution >= 4 is 16.7 Å². The highest BCUT2D eigenvalue weighted by Crippen LogP contribution is 2.23. The highest BCUT2D eigenvalue weighted by molar-refractivity contribution is 6.08. The van der Waals surface area contributed by atoms with E-state index in [9.17, 15) is 4.79 Å². The van der Waals surface area contributed by atoms with Crippen LogP contribution in [0.25, 0.3) is 10.9 Å². The lowest BCUT2D eigenvalue weighted by molar-refractivity contribution is 0.0923. The molecule has 4 nitrogen and oxygen atoms in total. The first-order valence-corrected chi connectivity index (χ1v) is 10.2. The number of ketones is 1. The molecule has 0 N–H and O–H groups in total. The first-order valence-electron chi connectivity index (χ1n) is 10.2. The van der Waals surface area contributed by atoms with E-state index < -0.39 is 0 Å². The largest absolute Gasteiger partial charge is 0.493 e. The zero-order valence-corrected chi connectivity index (χ0v) is 17.1. The Balaban J connectivity index is 1.42. The molecule has 0 unspecified atom stereocenters. The van der Waals surface area contributed by atoms with Crippen molar-refractivity contribution in [2.24, 2.45) is 0 Å². The van der Waals surface area contributed by atoms with Crippen LogP contribution in [-0.2, 0) is 6.54 Å². The average Bonchev–Trinajstić information content (AvgIpc) is 3.16. The van der Waals surface area contributed by atoms with Gasteiger partial charge in [0.1, 0.15) is 11.5 Å². The molecule has 30 heavy (non-hydrogen) atoms. The van der Waals surface area contributed by atoms with E-state index in [4.69, 9.17) is 9.47 Å². The van der Waals surface area contributed by atoms with Crippen molar-refractivity contribution in [2.75, 3.05) is 13.2 Å². The molecule has 4 aromatic rings. The van der Waals surface area contributed by atoms with Crippen molar-refractivity contribution in [1.82, 2.24) is 4.57 Å². The van der Waals surface area contributed by atoms with Gasteiger partial charge in [0.25, 0.3) is 0 Å². The van der Waals surface area contributed by atoms with Gasteiger partial charge in [-0.05, 0) is 43.2 Å². The van der Waals surface area contributed by atoms with Gasteiger partial charge in [0, 0.05) is 29.2 Å². The van der Waals surface area contributed by atoms with E-state index in [2.05, 4.69) is 4.57 Å². The van der Waals surface area contributed by atoms with E-state index in [1.54, 1.807) is 0 Å². The molecule has 0 spiro atoms. The van der Waals surface area contributed by atoms with Crippen LogP contribution in [0.15, 0.2) is 85.1 Å². The van der Waals surface area contributed by atoms with Crippen LogP contribution >= 0.6 is 0 Å². The predicted octanol–water partition coefficient (Wildman–Crippen LogP) is 5.68. The smallest absolute Gasteiger partial charge is 0.202 e. The molecule has 0 atom stereocenters. The summed E-state index contributed by atoms with van der Waals surface area (Å²) in [5.74, 6) is 1.59. The van der Waals surface area contributed by atoms with Crippen LogP contribution in [0.5, 0.6) is 11.5 Å². The molecule has 0 saturated carbocycles. The topological polar surface area (TPSA) is 40.5 Å². The van der Waals surface area contributed by atoms with Crippen molar-refractivity contribution in [1.29, 1.82) is 0 Å². The first-order chi connectivity index (χ1) is 14.7. The Morgan fingerprint density at radius 3 is 2.43 bits per heavy atom. The van der Waals surface area contributed by atoms with Crippen molar-refractivity contribution in [2.45, 2.75) is 19.9 Å². The van der Waals surface area contributed by atoms with Gasteiger partial charge in [-0.2, -0.15) is 0 Å². The summed E-state index contributed by atoms with van der Waals surface area (Å²) < 4.78 is 13.7. The van der Waals surface area contributed by atoms with Gasteiger partial charge in [-0.1, -0.05) is 54.6 Å². The summed E-state index contributed by atoms with van der Waals surface area (Å²) in [7, 11) is 0. The zero-order chi connectivity index (χ0) is 20.8. The van der Waals surface area contributed by atoms with Gasteiger partial charge in [-0.15, -0.1) is 0 Å². The Bertz CT molecular complexity index is 1130. The van der Waals surface area contributed by atoms with Crippen LogP contribution in [0, 0.1) is 6.92 Å². The molecular weight excluding hydrogens is 374 g/mol. The second-order valence-corrected chi connectivity index (χ2v) is 7.25. The molecule has 0 aliphatic heterocycles. The van der Waals surface area contributed by atoms with E-state index in [1.807, 2.05) is 92.0 Å². The zero-order valence-electron chi connectivity index (χ0n) is 17.1. The lowest BCUT2D eigenvalue weighted by atomic mass is 10.1. The van der Waals surface area contributed by atoms with Crippen LogP contribution in [0.3, 0.4) is 0 Å². The summed E-state index contributed by atoms with van der Waals surface area (Å²) in [5.41, 5.74) is 2.88. The molecule has 4 rings (SSSR count). The van der Waals surface area contributed by atoms with Crippen molar-refractivity contribution < 1.29 is 14.3 Å². The maximum absolute atomic E-state index is 12.8. The number of aryl methyl sites for hydroxylation is 2. The van der Waals surface area contributed by atoms with E-state index in [1.165, 1.54) is 0 Å². The number of Topliss-reactive ketones (excluding diaryl/α,β-unsaturated/α-hetero) is 1. The highest BCUT2D eigenvalue weighted by atomic mass is 16.5. The van der Waals surface area contributed by atoms with E-state index in [-0.39, 0.29) is 12.4 Å². The summed E-state index contributed by atoms with van der Waals surface area (Å²) in [6, 6.07) is 25.4. The minimum absolute atomic E-state index is 0.0222. The molecule has 0 aliphatic rings. The number of fused-ring (bicyclic) bond motifs is 1. The number of carbonyl (C=O) groups is 1. The number of benzene rings is 3. The summed E-state index contributed by atoms with van der Waals surface area (Å²) in [6.07, 6.45) is 2.79. The lowest BCUT2D eigenvalue weighted by Crippen LogP contribution is -2.11. The molecule has 1 aromatic heterocycles. The number of carbonyl (C=O) groups excluding carboxylic acids is 1. The maximum atomic E-state index is 12.8. The molecule has 0 fully saturated rings. The third-order valence-corrected chi connectivity index (χ3v) is 5.10. The Hall–Kier alpha value is -3.53. The summed E-state index contributed by atoms with van der Waals surface area (Å²) >= 11 is 0. The minimum Gasteiger partial charge on any atom is -0.493 e. The number of para-hydroxylation sites is 3. The van der Waals surface area contributed by atoms with E-state index >= 15 is 0 Å². The third kappa shape index (κ3) is 4.54. The second-order valence-electron chi connectivity index (χ2n) is 7.25. The van der Waals surface area contributed by atoms with Crippen molar-refractivity contribution in [3.63, 3.8) is 0 Å². The van der Waals surface area contributed by atoms with Crippen LogP contribution < -0.4 is 9.47 Å². The van der Waals surface area contributed by atoms with Gasteiger partial charge in [-0.3, -0.25) is 4.79 Å². The molecule has 0 amide bonds. The normalized spacial score (nSPS) is 10.8. The molecule has 1 heterocycles. The Kier molecular flexibility index (Phi) is 6.14. The number of rotatable bonds is 9. The Morgan fingerprint density at radius 2 is 1.60 bits per heavy atom. The van der Waals surface area contributed by atoms with Crippen LogP contribution in [-0.4, -0.2) is 23.6 Å². The van der Waals surface area contributed by atoms with Gasteiger partial charge in [0.15, 0.2) is 6.61 Å². The minimum atomic E-state index is -0.0232. The molecule has 3 aromatic carbocycles. The van der Waals surface area contributed by atoms with Crippen molar-refractivity contribution in [3.8, 4) is 11.5 Å². The summed E-state index contributed by atoms with van der Waals surface area (Å²) in [5, 5.41) is 0.957. The van der Waals surface area contributed by atoms with Gasteiger partial charge < -0.3 is 14.0 Å². The molecule has 152 valence electrons. The standard InChI is InChI=1S/C26H25NO3/c1-20-10-5-8-15-26(20)29-17-9-16-27-18-23(22-13-6-7-14-24(22)27)25(28)19-30-21-11-3-2-4-12-21/h2-8,10-15,18H,9,16-17,19H2,1H3. The third-order valence-electron chi connectivity index (χ3n) is 5.10. The molecule has 0 bridgehead atoms. The monoisotopic (exact) mass is 399 g/mol. The number of nitrogens with zero attached hydrogens (tertiary/aromatic N) is 1. The van der Waals surface area contributed by atoms with Crippen molar-refractivity contribution in [3.05, 3.63) is 96.2 Å². The average molecular weight is 399 g/mol. The highest BCUT2D eigenvalue weighted by Gasteiger charge is 2.15. The maximum Gasteiger partial charge on any atom is 0.202 e.